The molecule has 4 rings (SSSR count). The second-order valence-corrected chi connectivity index (χ2v) is 5.81. The zero-order valence-electron chi connectivity index (χ0n) is 14.5. The lowest BCUT2D eigenvalue weighted by Crippen LogP contribution is -2.02. The number of aliphatic hydroxyl groups is 1. The minimum atomic E-state index is -0.417. The molecule has 0 aliphatic heterocycles. The first-order chi connectivity index (χ1) is 13.3. The maximum atomic E-state index is 9.18. The molecule has 0 bridgehead atoms. The molecule has 0 radical (unpaired) electrons. The molecule has 0 fully saturated rings. The monoisotopic (exact) mass is 355 g/mol. The smallest absolute Gasteiger partial charge is 0.186 e. The van der Waals surface area contributed by atoms with Gasteiger partial charge in [-0.05, 0) is 12.1 Å². The Balaban J connectivity index is 1.92. The van der Waals surface area contributed by atoms with Crippen LogP contribution in [-0.4, -0.2) is 26.9 Å². The van der Waals surface area contributed by atoms with Crippen LogP contribution in [0.2, 0.25) is 0 Å². The summed E-state index contributed by atoms with van der Waals surface area (Å²) in [6, 6.07) is 26.9. The van der Waals surface area contributed by atoms with Crippen LogP contribution in [0.1, 0.15) is 0 Å². The number of nitrogens with zero attached hydrogens (tertiary/aromatic N) is 3. The van der Waals surface area contributed by atoms with Crippen LogP contribution < -0.4 is 4.74 Å². The summed E-state index contributed by atoms with van der Waals surface area (Å²) in [6.45, 7) is -0.417. The van der Waals surface area contributed by atoms with E-state index in [-0.39, 0.29) is 0 Å². The second kappa shape index (κ2) is 7.76. The van der Waals surface area contributed by atoms with E-state index in [1.165, 1.54) is 0 Å². The van der Waals surface area contributed by atoms with E-state index >= 15 is 0 Å². The molecule has 0 unspecified atom stereocenters. The molecule has 5 nitrogen and oxygen atoms in total. The molecule has 27 heavy (non-hydrogen) atoms. The van der Waals surface area contributed by atoms with Gasteiger partial charge in [0.25, 0.3) is 0 Å². The number of ether oxygens (including phenoxy) is 1. The average molecular weight is 355 g/mol. The van der Waals surface area contributed by atoms with Gasteiger partial charge in [0.2, 0.25) is 0 Å². The van der Waals surface area contributed by atoms with E-state index < -0.39 is 6.79 Å². The van der Waals surface area contributed by atoms with Gasteiger partial charge in [-0.2, -0.15) is 0 Å². The predicted molar refractivity (Wildman–Crippen MR) is 104 cm³/mol. The first-order valence-electron chi connectivity index (χ1n) is 8.55. The van der Waals surface area contributed by atoms with E-state index in [1.54, 1.807) is 6.07 Å². The lowest BCUT2D eigenvalue weighted by Gasteiger charge is -2.11. The minimum Gasteiger partial charge on any atom is -0.467 e. The summed E-state index contributed by atoms with van der Waals surface area (Å²) < 4.78 is 5.34. The van der Waals surface area contributed by atoms with Gasteiger partial charge in [-0.3, -0.25) is 0 Å². The fourth-order valence-corrected chi connectivity index (χ4v) is 2.78. The summed E-state index contributed by atoms with van der Waals surface area (Å²) in [7, 11) is 0. The first-order valence-corrected chi connectivity index (χ1v) is 8.55. The number of hydrogen-bond donors (Lipinski definition) is 1. The third-order valence-electron chi connectivity index (χ3n) is 4.05. The summed E-state index contributed by atoms with van der Waals surface area (Å²) in [5, 5.41) is 9.18. The highest BCUT2D eigenvalue weighted by atomic mass is 16.6. The molecular weight excluding hydrogens is 338 g/mol. The molecule has 0 aliphatic carbocycles. The fraction of sp³-hybridized carbons (Fsp3) is 0.0455. The van der Waals surface area contributed by atoms with E-state index in [2.05, 4.69) is 15.0 Å². The normalized spacial score (nSPS) is 10.6. The van der Waals surface area contributed by atoms with Gasteiger partial charge in [0.1, 0.15) is 5.75 Å². The number of aromatic nitrogens is 3. The van der Waals surface area contributed by atoms with Gasteiger partial charge in [0.05, 0.1) is 5.56 Å². The molecule has 0 atom stereocenters. The van der Waals surface area contributed by atoms with Crippen LogP contribution in [0.5, 0.6) is 5.75 Å². The molecule has 3 aromatic carbocycles. The quantitative estimate of drug-likeness (QED) is 0.543. The van der Waals surface area contributed by atoms with Crippen LogP contribution in [0, 0.1) is 0 Å². The molecule has 1 aromatic heterocycles. The molecule has 0 aliphatic rings. The van der Waals surface area contributed by atoms with E-state index in [9.17, 15) is 5.11 Å². The summed E-state index contributed by atoms with van der Waals surface area (Å²) in [5.74, 6) is 2.17. The lowest BCUT2D eigenvalue weighted by atomic mass is 10.1. The van der Waals surface area contributed by atoms with Gasteiger partial charge >= 0.3 is 0 Å². The van der Waals surface area contributed by atoms with Gasteiger partial charge in [0, 0.05) is 11.1 Å². The Bertz CT molecular complexity index is 980. The Labute approximate surface area is 157 Å². The van der Waals surface area contributed by atoms with Crippen molar-refractivity contribution in [2.24, 2.45) is 0 Å². The van der Waals surface area contributed by atoms with Crippen molar-refractivity contribution in [1.82, 2.24) is 15.0 Å². The zero-order valence-corrected chi connectivity index (χ0v) is 14.5. The maximum Gasteiger partial charge on any atom is 0.186 e. The van der Waals surface area contributed by atoms with Crippen molar-refractivity contribution in [2.45, 2.75) is 0 Å². The maximum absolute atomic E-state index is 9.18. The number of benzene rings is 3. The summed E-state index contributed by atoms with van der Waals surface area (Å²) in [6.07, 6.45) is 0. The van der Waals surface area contributed by atoms with Crippen molar-refractivity contribution in [3.63, 3.8) is 0 Å². The third kappa shape index (κ3) is 3.68. The molecule has 0 spiro atoms. The van der Waals surface area contributed by atoms with E-state index in [4.69, 9.17) is 4.74 Å². The van der Waals surface area contributed by atoms with Crippen LogP contribution >= 0.6 is 0 Å². The van der Waals surface area contributed by atoms with Gasteiger partial charge in [0.15, 0.2) is 24.3 Å². The van der Waals surface area contributed by atoms with Gasteiger partial charge in [-0.1, -0.05) is 72.8 Å². The molecule has 0 amide bonds. The molecule has 0 saturated heterocycles. The molecule has 5 heteroatoms. The Morgan fingerprint density at radius 3 is 1.63 bits per heavy atom. The van der Waals surface area contributed by atoms with Crippen LogP contribution in [0.3, 0.4) is 0 Å². The Hall–Kier alpha value is -3.57. The van der Waals surface area contributed by atoms with Crippen molar-refractivity contribution in [2.75, 3.05) is 6.79 Å². The molecule has 1 heterocycles. The van der Waals surface area contributed by atoms with Crippen molar-refractivity contribution in [3.8, 4) is 39.9 Å². The van der Waals surface area contributed by atoms with E-state index in [0.717, 1.165) is 11.1 Å². The summed E-state index contributed by atoms with van der Waals surface area (Å²) in [5.41, 5.74) is 2.50. The third-order valence-corrected chi connectivity index (χ3v) is 4.05. The van der Waals surface area contributed by atoms with Crippen LogP contribution in [0.25, 0.3) is 34.2 Å². The zero-order chi connectivity index (χ0) is 18.5. The summed E-state index contributed by atoms with van der Waals surface area (Å²) >= 11 is 0. The highest BCUT2D eigenvalue weighted by Gasteiger charge is 2.14. The largest absolute Gasteiger partial charge is 0.467 e. The van der Waals surface area contributed by atoms with Crippen molar-refractivity contribution in [1.29, 1.82) is 0 Å². The SMILES string of the molecule is OCOc1ccccc1-c1nc(-c2ccccc2)nc(-c2ccccc2)n1. The standard InChI is InChI=1S/C22H17N3O2/c26-15-27-19-14-8-7-13-18(19)22-24-20(16-9-3-1-4-10-16)23-21(25-22)17-11-5-2-6-12-17/h1-14,26H,15H2. The van der Waals surface area contributed by atoms with Gasteiger partial charge in [-0.15, -0.1) is 0 Å². The van der Waals surface area contributed by atoms with Crippen molar-refractivity contribution < 1.29 is 9.84 Å². The lowest BCUT2D eigenvalue weighted by molar-refractivity contribution is 0.0990. The number of para-hydroxylation sites is 1. The van der Waals surface area contributed by atoms with Crippen LogP contribution in [-0.2, 0) is 0 Å². The average Bonchev–Trinajstić information content (AvgIpc) is 2.75. The molecule has 0 saturated carbocycles. The van der Waals surface area contributed by atoms with Gasteiger partial charge in [-0.25, -0.2) is 15.0 Å². The Morgan fingerprint density at radius 1 is 0.593 bits per heavy atom. The number of aliphatic hydroxyl groups excluding tert-OH is 1. The predicted octanol–water partition coefficient (Wildman–Crippen LogP) is 4.20. The molecule has 4 aromatic rings. The van der Waals surface area contributed by atoms with Crippen LogP contribution in [0.15, 0.2) is 84.9 Å². The minimum absolute atomic E-state index is 0.417. The van der Waals surface area contributed by atoms with E-state index in [1.807, 2.05) is 78.9 Å². The molecule has 1 N–H and O–H groups in total. The highest BCUT2D eigenvalue weighted by molar-refractivity contribution is 5.69. The Morgan fingerprint density at radius 2 is 1.07 bits per heavy atom. The van der Waals surface area contributed by atoms with Crippen LogP contribution in [0.4, 0.5) is 0 Å². The van der Waals surface area contributed by atoms with Gasteiger partial charge < -0.3 is 9.84 Å². The molecular formula is C22H17N3O2. The van der Waals surface area contributed by atoms with E-state index in [0.29, 0.717) is 28.8 Å². The number of rotatable bonds is 5. The topological polar surface area (TPSA) is 68.1 Å². The van der Waals surface area contributed by atoms with Crippen molar-refractivity contribution >= 4 is 0 Å². The highest BCUT2D eigenvalue weighted by Crippen LogP contribution is 2.30. The fourth-order valence-electron chi connectivity index (χ4n) is 2.78. The Kier molecular flexibility index (Phi) is 4.85. The van der Waals surface area contributed by atoms with Crippen molar-refractivity contribution in [3.05, 3.63) is 84.9 Å². The molecule has 132 valence electrons. The first kappa shape index (κ1) is 16.9. The second-order valence-electron chi connectivity index (χ2n) is 5.81. The number of hydrogen-bond acceptors (Lipinski definition) is 5. The summed E-state index contributed by atoms with van der Waals surface area (Å²) in [4.78, 5) is 14.0.